The van der Waals surface area contributed by atoms with Gasteiger partial charge in [-0.2, -0.15) is 0 Å². The number of rotatable bonds is 4. The Morgan fingerprint density at radius 2 is 1.82 bits per heavy atom. The van der Waals surface area contributed by atoms with Gasteiger partial charge < -0.3 is 4.90 Å². The molecule has 0 saturated carbocycles. The molecule has 0 unspecified atom stereocenters. The molecule has 0 aromatic heterocycles. The van der Waals surface area contributed by atoms with E-state index in [0.29, 0.717) is 11.0 Å². The number of hydrogen-bond donors (Lipinski definition) is 1. The molecule has 0 fully saturated rings. The molecule has 2 rings (SSSR count). The second-order valence-corrected chi connectivity index (χ2v) is 7.25. The number of nitrogens with zero attached hydrogens (tertiary/aromatic N) is 1. The predicted octanol–water partition coefficient (Wildman–Crippen LogP) is 2.37. The van der Waals surface area contributed by atoms with Gasteiger partial charge in [0.2, 0.25) is 10.0 Å². The van der Waals surface area contributed by atoms with Crippen molar-refractivity contribution in [3.8, 4) is 0 Å². The number of primary sulfonamides is 1. The van der Waals surface area contributed by atoms with E-state index in [1.54, 1.807) is 7.05 Å². The van der Waals surface area contributed by atoms with Crippen LogP contribution in [0.2, 0.25) is 0 Å². The molecule has 0 spiro atoms. The lowest BCUT2D eigenvalue weighted by molar-refractivity contribution is 0.0784. The summed E-state index contributed by atoms with van der Waals surface area (Å²) in [6, 6.07) is 13.7. The monoisotopic (exact) mass is 382 g/mol. The van der Waals surface area contributed by atoms with Crippen LogP contribution in [0.5, 0.6) is 0 Å². The second-order valence-electron chi connectivity index (χ2n) is 4.83. The van der Waals surface area contributed by atoms with Gasteiger partial charge in [-0.3, -0.25) is 4.79 Å². The van der Waals surface area contributed by atoms with Crippen LogP contribution >= 0.6 is 15.9 Å². The lowest BCUT2D eigenvalue weighted by atomic mass is 10.1. The van der Waals surface area contributed by atoms with E-state index in [1.165, 1.54) is 23.1 Å². The molecular formula is C15H15BrN2O3S. The van der Waals surface area contributed by atoms with E-state index in [-0.39, 0.29) is 16.4 Å². The number of sulfonamides is 1. The molecule has 5 nitrogen and oxygen atoms in total. The fraction of sp³-hybridized carbons (Fsp3) is 0.133. The number of nitrogens with two attached hydrogens (primary N) is 1. The summed E-state index contributed by atoms with van der Waals surface area (Å²) in [6.07, 6.45) is 0. The number of benzene rings is 2. The van der Waals surface area contributed by atoms with Gasteiger partial charge in [0.05, 0.1) is 10.5 Å². The third-order valence-corrected chi connectivity index (χ3v) is 4.71. The number of amides is 1. The van der Waals surface area contributed by atoms with Crippen molar-refractivity contribution in [1.29, 1.82) is 0 Å². The Morgan fingerprint density at radius 3 is 2.41 bits per heavy atom. The molecule has 7 heteroatoms. The first kappa shape index (κ1) is 16.7. The fourth-order valence-electron chi connectivity index (χ4n) is 1.98. The van der Waals surface area contributed by atoms with Crippen molar-refractivity contribution < 1.29 is 13.2 Å². The largest absolute Gasteiger partial charge is 0.337 e. The Hall–Kier alpha value is -1.70. The van der Waals surface area contributed by atoms with Crippen LogP contribution in [0.15, 0.2) is 57.9 Å². The van der Waals surface area contributed by atoms with Crippen LogP contribution < -0.4 is 5.14 Å². The van der Waals surface area contributed by atoms with Crippen molar-refractivity contribution in [2.45, 2.75) is 11.4 Å². The fourth-order valence-corrected chi connectivity index (χ4v) is 2.94. The minimum atomic E-state index is -3.85. The Morgan fingerprint density at radius 1 is 1.18 bits per heavy atom. The van der Waals surface area contributed by atoms with Crippen molar-refractivity contribution in [2.24, 2.45) is 5.14 Å². The second kappa shape index (κ2) is 6.60. The SMILES string of the molecule is CN(Cc1ccccc1)C(=O)c1cc(S(N)(=O)=O)ccc1Br. The van der Waals surface area contributed by atoms with Gasteiger partial charge in [0.25, 0.3) is 5.91 Å². The summed E-state index contributed by atoms with van der Waals surface area (Å²) < 4.78 is 23.4. The van der Waals surface area contributed by atoms with Crippen LogP contribution in [0, 0.1) is 0 Å². The van der Waals surface area contributed by atoms with E-state index in [1.807, 2.05) is 30.3 Å². The molecule has 22 heavy (non-hydrogen) atoms. The number of carbonyl (C=O) groups is 1. The molecule has 0 aliphatic carbocycles. The minimum absolute atomic E-state index is 0.0906. The van der Waals surface area contributed by atoms with Gasteiger partial charge in [-0.05, 0) is 39.7 Å². The molecule has 0 heterocycles. The van der Waals surface area contributed by atoms with Crippen molar-refractivity contribution in [3.63, 3.8) is 0 Å². The Bertz CT molecular complexity index is 792. The topological polar surface area (TPSA) is 80.5 Å². The first-order chi connectivity index (χ1) is 10.3. The molecule has 116 valence electrons. The van der Waals surface area contributed by atoms with Gasteiger partial charge in [0.1, 0.15) is 0 Å². The lowest BCUT2D eigenvalue weighted by Gasteiger charge is -2.18. The van der Waals surface area contributed by atoms with Gasteiger partial charge >= 0.3 is 0 Å². The third-order valence-electron chi connectivity index (χ3n) is 3.11. The normalized spacial score (nSPS) is 11.2. The smallest absolute Gasteiger partial charge is 0.255 e. The average molecular weight is 383 g/mol. The summed E-state index contributed by atoms with van der Waals surface area (Å²) in [7, 11) is -2.19. The summed E-state index contributed by atoms with van der Waals surface area (Å²) in [5.74, 6) is -0.291. The van der Waals surface area contributed by atoms with Crippen LogP contribution in [0.25, 0.3) is 0 Å². The van der Waals surface area contributed by atoms with E-state index in [9.17, 15) is 13.2 Å². The van der Waals surface area contributed by atoms with Gasteiger partial charge in [0, 0.05) is 18.1 Å². The zero-order valence-corrected chi connectivity index (χ0v) is 14.3. The highest BCUT2D eigenvalue weighted by Gasteiger charge is 2.18. The van der Waals surface area contributed by atoms with Crippen molar-refractivity contribution in [1.82, 2.24) is 4.90 Å². The zero-order chi connectivity index (χ0) is 16.3. The quantitative estimate of drug-likeness (QED) is 0.880. The third kappa shape index (κ3) is 3.94. The average Bonchev–Trinajstić information content (AvgIpc) is 2.46. The minimum Gasteiger partial charge on any atom is -0.337 e. The van der Waals surface area contributed by atoms with E-state index in [4.69, 9.17) is 5.14 Å². The maximum Gasteiger partial charge on any atom is 0.255 e. The Labute approximate surface area is 137 Å². The maximum atomic E-state index is 12.5. The standard InChI is InChI=1S/C15H15BrN2O3S/c1-18(10-11-5-3-2-4-6-11)15(19)13-9-12(22(17,20)21)7-8-14(13)16/h2-9H,10H2,1H3,(H2,17,20,21). The van der Waals surface area contributed by atoms with Crippen molar-refractivity contribution in [3.05, 3.63) is 64.1 Å². The molecule has 0 aliphatic heterocycles. The molecule has 2 aromatic carbocycles. The molecule has 2 aromatic rings. The van der Waals surface area contributed by atoms with E-state index in [2.05, 4.69) is 15.9 Å². The molecule has 0 aliphatic rings. The van der Waals surface area contributed by atoms with Crippen molar-refractivity contribution >= 4 is 31.9 Å². The summed E-state index contributed by atoms with van der Waals surface area (Å²) in [6.45, 7) is 0.422. The van der Waals surface area contributed by atoms with Gasteiger partial charge in [-0.15, -0.1) is 0 Å². The Balaban J connectivity index is 2.29. The molecule has 0 saturated heterocycles. The number of carbonyl (C=O) groups excluding carboxylic acids is 1. The van der Waals surface area contributed by atoms with Crippen LogP contribution in [0.1, 0.15) is 15.9 Å². The first-order valence-electron chi connectivity index (χ1n) is 6.41. The molecule has 0 radical (unpaired) electrons. The predicted molar refractivity (Wildman–Crippen MR) is 87.8 cm³/mol. The zero-order valence-electron chi connectivity index (χ0n) is 11.9. The van der Waals surface area contributed by atoms with Crippen molar-refractivity contribution in [2.75, 3.05) is 7.05 Å². The van der Waals surface area contributed by atoms with Crippen LogP contribution in [-0.4, -0.2) is 26.3 Å². The summed E-state index contributed by atoms with van der Waals surface area (Å²) >= 11 is 3.27. The molecule has 1 amide bonds. The molecule has 2 N–H and O–H groups in total. The van der Waals surface area contributed by atoms with Crippen LogP contribution in [0.3, 0.4) is 0 Å². The van der Waals surface area contributed by atoms with E-state index < -0.39 is 10.0 Å². The summed E-state index contributed by atoms with van der Waals surface area (Å²) in [5.41, 5.74) is 1.24. The number of halogens is 1. The number of hydrogen-bond acceptors (Lipinski definition) is 3. The highest BCUT2D eigenvalue weighted by molar-refractivity contribution is 9.10. The highest BCUT2D eigenvalue weighted by atomic mass is 79.9. The maximum absolute atomic E-state index is 12.5. The highest BCUT2D eigenvalue weighted by Crippen LogP contribution is 2.22. The molecule has 0 atom stereocenters. The van der Waals surface area contributed by atoms with Gasteiger partial charge in [-0.25, -0.2) is 13.6 Å². The molecule has 0 bridgehead atoms. The van der Waals surface area contributed by atoms with Gasteiger partial charge in [0.15, 0.2) is 0 Å². The summed E-state index contributed by atoms with van der Waals surface area (Å²) in [4.78, 5) is 13.9. The van der Waals surface area contributed by atoms with E-state index >= 15 is 0 Å². The van der Waals surface area contributed by atoms with Crippen LogP contribution in [-0.2, 0) is 16.6 Å². The van der Waals surface area contributed by atoms with E-state index in [0.717, 1.165) is 5.56 Å². The lowest BCUT2D eigenvalue weighted by Crippen LogP contribution is -2.27. The molecular weight excluding hydrogens is 368 g/mol. The van der Waals surface area contributed by atoms with Gasteiger partial charge in [-0.1, -0.05) is 30.3 Å². The Kier molecular flexibility index (Phi) is 5.00. The first-order valence-corrected chi connectivity index (χ1v) is 8.74. The summed E-state index contributed by atoms with van der Waals surface area (Å²) in [5, 5.41) is 5.11. The van der Waals surface area contributed by atoms with Crippen LogP contribution in [0.4, 0.5) is 0 Å².